The second-order valence-electron chi connectivity index (χ2n) is 5.96. The first-order valence-electron chi connectivity index (χ1n) is 7.13. The third-order valence-electron chi connectivity index (χ3n) is 4.14. The summed E-state index contributed by atoms with van der Waals surface area (Å²) >= 11 is 0. The number of rotatable bonds is 4. The molecular weight excluding hydrogens is 270 g/mol. The smallest absolute Gasteiger partial charge is 0.354 e. The maximum absolute atomic E-state index is 12.5. The number of amides is 1. The Labute approximate surface area is 124 Å². The quantitative estimate of drug-likeness (QED) is 0.786. The predicted molar refractivity (Wildman–Crippen MR) is 79.2 cm³/mol. The number of piperidine rings is 1. The van der Waals surface area contributed by atoms with Crippen LogP contribution in [0.15, 0.2) is 18.3 Å². The van der Waals surface area contributed by atoms with E-state index in [9.17, 15) is 9.59 Å². The fraction of sp³-hybridized carbons (Fsp3) is 0.533. The monoisotopic (exact) mass is 291 g/mol. The van der Waals surface area contributed by atoms with E-state index in [0.717, 1.165) is 25.9 Å². The molecule has 1 atom stereocenters. The standard InChI is InChI=1S/C15H21N3O3/c1-15(2,10-4-3-7-16-8-10)14(21)18-11-5-6-12(13(19)20)17-9-11/h5-6,9-10,16H,3-4,7-8H2,1-2H3,(H,18,21)(H,19,20). The van der Waals surface area contributed by atoms with Gasteiger partial charge in [-0.2, -0.15) is 0 Å². The molecular formula is C15H21N3O3. The van der Waals surface area contributed by atoms with Gasteiger partial charge in [0.05, 0.1) is 11.9 Å². The molecule has 114 valence electrons. The van der Waals surface area contributed by atoms with Crippen LogP contribution in [0.25, 0.3) is 0 Å². The fourth-order valence-electron chi connectivity index (χ4n) is 2.54. The number of carboxylic acids is 1. The van der Waals surface area contributed by atoms with Crippen molar-refractivity contribution >= 4 is 17.6 Å². The normalized spacial score (nSPS) is 19.0. The van der Waals surface area contributed by atoms with Gasteiger partial charge in [-0.05, 0) is 44.0 Å². The third kappa shape index (κ3) is 3.58. The van der Waals surface area contributed by atoms with Crippen LogP contribution in [-0.4, -0.2) is 35.1 Å². The molecule has 6 nitrogen and oxygen atoms in total. The van der Waals surface area contributed by atoms with Gasteiger partial charge in [-0.25, -0.2) is 9.78 Å². The maximum Gasteiger partial charge on any atom is 0.354 e. The van der Waals surface area contributed by atoms with Gasteiger partial charge in [-0.3, -0.25) is 4.79 Å². The number of aromatic carboxylic acids is 1. The average molecular weight is 291 g/mol. The van der Waals surface area contributed by atoms with Crippen LogP contribution in [0.2, 0.25) is 0 Å². The van der Waals surface area contributed by atoms with Gasteiger partial charge in [0.25, 0.3) is 0 Å². The highest BCUT2D eigenvalue weighted by Gasteiger charge is 2.37. The fourth-order valence-corrected chi connectivity index (χ4v) is 2.54. The summed E-state index contributed by atoms with van der Waals surface area (Å²) < 4.78 is 0. The lowest BCUT2D eigenvalue weighted by atomic mass is 9.74. The molecule has 1 fully saturated rings. The van der Waals surface area contributed by atoms with E-state index < -0.39 is 11.4 Å². The van der Waals surface area contributed by atoms with Crippen LogP contribution >= 0.6 is 0 Å². The summed E-state index contributed by atoms with van der Waals surface area (Å²) in [5.74, 6) is -0.861. The van der Waals surface area contributed by atoms with Crippen molar-refractivity contribution < 1.29 is 14.7 Å². The lowest BCUT2D eigenvalue weighted by Gasteiger charge is -2.36. The molecule has 1 aliphatic rings. The average Bonchev–Trinajstić information content (AvgIpc) is 2.48. The Hall–Kier alpha value is -1.95. The molecule has 1 amide bonds. The van der Waals surface area contributed by atoms with Crippen LogP contribution in [0.1, 0.15) is 37.2 Å². The van der Waals surface area contributed by atoms with E-state index in [-0.39, 0.29) is 17.5 Å². The molecule has 2 heterocycles. The molecule has 0 saturated carbocycles. The number of hydrogen-bond acceptors (Lipinski definition) is 4. The third-order valence-corrected chi connectivity index (χ3v) is 4.14. The molecule has 2 rings (SSSR count). The first-order chi connectivity index (χ1) is 9.91. The van der Waals surface area contributed by atoms with E-state index in [1.54, 1.807) is 6.07 Å². The largest absolute Gasteiger partial charge is 0.477 e. The van der Waals surface area contributed by atoms with Crippen molar-refractivity contribution in [3.05, 3.63) is 24.0 Å². The summed E-state index contributed by atoms with van der Waals surface area (Å²) in [6.45, 7) is 5.74. The minimum Gasteiger partial charge on any atom is -0.477 e. The molecule has 0 spiro atoms. The highest BCUT2D eigenvalue weighted by atomic mass is 16.4. The molecule has 1 saturated heterocycles. The number of carboxylic acid groups (broad SMARTS) is 1. The van der Waals surface area contributed by atoms with E-state index in [1.807, 2.05) is 13.8 Å². The number of carbonyl (C=O) groups excluding carboxylic acids is 1. The van der Waals surface area contributed by atoms with E-state index in [4.69, 9.17) is 5.11 Å². The molecule has 1 aliphatic heterocycles. The molecule has 3 N–H and O–H groups in total. The Kier molecular flexibility index (Phi) is 4.57. The topological polar surface area (TPSA) is 91.3 Å². The van der Waals surface area contributed by atoms with Crippen LogP contribution in [0, 0.1) is 11.3 Å². The summed E-state index contributed by atoms with van der Waals surface area (Å²) in [4.78, 5) is 27.0. The summed E-state index contributed by atoms with van der Waals surface area (Å²) in [6, 6.07) is 2.94. The number of carbonyl (C=O) groups is 2. The van der Waals surface area contributed by atoms with Crippen LogP contribution in [0.5, 0.6) is 0 Å². The van der Waals surface area contributed by atoms with Gasteiger partial charge >= 0.3 is 5.97 Å². The van der Waals surface area contributed by atoms with Gasteiger partial charge in [0.15, 0.2) is 0 Å². The van der Waals surface area contributed by atoms with Crippen LogP contribution in [0.3, 0.4) is 0 Å². The van der Waals surface area contributed by atoms with Crippen molar-refractivity contribution in [3.63, 3.8) is 0 Å². The molecule has 1 aromatic rings. The summed E-state index contributed by atoms with van der Waals surface area (Å²) in [5.41, 5.74) is -0.00982. The first kappa shape index (κ1) is 15.4. The number of aromatic nitrogens is 1. The van der Waals surface area contributed by atoms with Gasteiger partial charge in [-0.15, -0.1) is 0 Å². The number of anilines is 1. The molecule has 0 radical (unpaired) electrons. The minimum absolute atomic E-state index is 0.0382. The second-order valence-corrected chi connectivity index (χ2v) is 5.96. The minimum atomic E-state index is -1.08. The summed E-state index contributed by atoms with van der Waals surface area (Å²) in [6.07, 6.45) is 3.48. The van der Waals surface area contributed by atoms with Gasteiger partial charge < -0.3 is 15.7 Å². The van der Waals surface area contributed by atoms with E-state index in [2.05, 4.69) is 15.6 Å². The van der Waals surface area contributed by atoms with Gasteiger partial charge in [0.1, 0.15) is 5.69 Å². The number of hydrogen-bond donors (Lipinski definition) is 3. The van der Waals surface area contributed by atoms with E-state index in [0.29, 0.717) is 5.69 Å². The number of nitrogens with one attached hydrogen (secondary N) is 2. The molecule has 0 aromatic carbocycles. The number of nitrogens with zero attached hydrogens (tertiary/aromatic N) is 1. The molecule has 0 aliphatic carbocycles. The molecule has 1 aromatic heterocycles. The summed E-state index contributed by atoms with van der Waals surface area (Å²) in [7, 11) is 0. The van der Waals surface area contributed by atoms with Crippen LogP contribution in [-0.2, 0) is 4.79 Å². The Morgan fingerprint density at radius 2 is 2.19 bits per heavy atom. The predicted octanol–water partition coefficient (Wildman–Crippen LogP) is 1.74. The molecule has 1 unspecified atom stereocenters. The Morgan fingerprint density at radius 1 is 1.43 bits per heavy atom. The van der Waals surface area contributed by atoms with Crippen LogP contribution in [0.4, 0.5) is 5.69 Å². The van der Waals surface area contributed by atoms with Crippen LogP contribution < -0.4 is 10.6 Å². The maximum atomic E-state index is 12.5. The van der Waals surface area contributed by atoms with Crippen molar-refractivity contribution in [2.24, 2.45) is 11.3 Å². The summed E-state index contributed by atoms with van der Waals surface area (Å²) in [5, 5.41) is 14.9. The highest BCUT2D eigenvalue weighted by molar-refractivity contribution is 5.95. The van der Waals surface area contributed by atoms with Crippen molar-refractivity contribution in [2.75, 3.05) is 18.4 Å². The van der Waals surface area contributed by atoms with Gasteiger partial charge in [-0.1, -0.05) is 13.8 Å². The zero-order valence-electron chi connectivity index (χ0n) is 12.3. The lowest BCUT2D eigenvalue weighted by Crippen LogP contribution is -2.44. The van der Waals surface area contributed by atoms with Crippen molar-refractivity contribution in [1.82, 2.24) is 10.3 Å². The second kappa shape index (κ2) is 6.22. The number of pyridine rings is 1. The van der Waals surface area contributed by atoms with Crippen molar-refractivity contribution in [2.45, 2.75) is 26.7 Å². The Bertz CT molecular complexity index is 519. The van der Waals surface area contributed by atoms with E-state index in [1.165, 1.54) is 12.3 Å². The SMILES string of the molecule is CC(C)(C(=O)Nc1ccc(C(=O)O)nc1)C1CCCNC1. The van der Waals surface area contributed by atoms with E-state index >= 15 is 0 Å². The van der Waals surface area contributed by atoms with Crippen molar-refractivity contribution in [3.8, 4) is 0 Å². The van der Waals surface area contributed by atoms with Gasteiger partial charge in [0.2, 0.25) is 5.91 Å². The first-order valence-corrected chi connectivity index (χ1v) is 7.13. The lowest BCUT2D eigenvalue weighted by molar-refractivity contribution is -0.127. The zero-order valence-corrected chi connectivity index (χ0v) is 12.3. The zero-order chi connectivity index (χ0) is 15.5. The van der Waals surface area contributed by atoms with Gasteiger partial charge in [0, 0.05) is 5.41 Å². The highest BCUT2D eigenvalue weighted by Crippen LogP contribution is 2.32. The molecule has 6 heteroatoms. The molecule has 0 bridgehead atoms. The molecule has 21 heavy (non-hydrogen) atoms. The van der Waals surface area contributed by atoms with Crippen molar-refractivity contribution in [1.29, 1.82) is 0 Å². The Balaban J connectivity index is 2.03. The Morgan fingerprint density at radius 3 is 2.71 bits per heavy atom.